The standard InChI is InChI=1S/C32H27F4N3O3S/c1-38-16-22(15-19-3-9-24(10-4-19)41-30(33)34)28-26(17-38)29(21-7-13-25(14-8-21)42-31(35)36)39-27(18-43-32(39)37-28)20-5-11-23(40-2)12-6-20/h3-15,18,29-31H,16-17H2,1-2H3. The van der Waals surface area contributed by atoms with E-state index < -0.39 is 13.2 Å². The van der Waals surface area contributed by atoms with Crippen molar-refractivity contribution < 1.29 is 31.8 Å². The van der Waals surface area contributed by atoms with Crippen LogP contribution in [0.1, 0.15) is 22.7 Å². The summed E-state index contributed by atoms with van der Waals surface area (Å²) in [7, 11) is 3.64. The molecule has 0 aliphatic carbocycles. The van der Waals surface area contributed by atoms with Gasteiger partial charge in [0.05, 0.1) is 24.5 Å². The fourth-order valence-corrected chi connectivity index (χ4v) is 6.40. The molecular weight excluding hydrogens is 582 g/mol. The molecule has 3 heterocycles. The number of amidine groups is 1. The van der Waals surface area contributed by atoms with Crippen molar-refractivity contribution in [2.75, 3.05) is 27.2 Å². The van der Waals surface area contributed by atoms with Crippen LogP contribution >= 0.6 is 11.8 Å². The molecule has 3 aliphatic heterocycles. The molecule has 222 valence electrons. The minimum atomic E-state index is -2.91. The van der Waals surface area contributed by atoms with Crippen molar-refractivity contribution in [3.05, 3.63) is 112 Å². The second kappa shape index (κ2) is 12.2. The van der Waals surface area contributed by atoms with Crippen molar-refractivity contribution in [1.82, 2.24) is 9.80 Å². The molecule has 0 fully saturated rings. The molecule has 0 bridgehead atoms. The van der Waals surface area contributed by atoms with E-state index in [9.17, 15) is 17.6 Å². The highest BCUT2D eigenvalue weighted by Gasteiger charge is 2.41. The Morgan fingerprint density at radius 3 is 2.05 bits per heavy atom. The van der Waals surface area contributed by atoms with E-state index in [1.165, 1.54) is 23.9 Å². The van der Waals surface area contributed by atoms with Crippen LogP contribution in [-0.2, 0) is 0 Å². The van der Waals surface area contributed by atoms with Crippen LogP contribution in [0.2, 0.25) is 0 Å². The van der Waals surface area contributed by atoms with Crippen molar-refractivity contribution in [3.8, 4) is 17.2 Å². The molecule has 6 rings (SSSR count). The maximum Gasteiger partial charge on any atom is 0.387 e. The number of ether oxygens (including phenoxy) is 3. The molecule has 1 unspecified atom stereocenters. The van der Waals surface area contributed by atoms with Crippen molar-refractivity contribution in [3.63, 3.8) is 0 Å². The van der Waals surface area contributed by atoms with Crippen LogP contribution in [0.15, 0.2) is 100 Å². The summed E-state index contributed by atoms with van der Waals surface area (Å²) in [6.45, 7) is -4.55. The Morgan fingerprint density at radius 2 is 1.44 bits per heavy atom. The summed E-state index contributed by atoms with van der Waals surface area (Å²) in [5.41, 5.74) is 6.53. The summed E-state index contributed by atoms with van der Waals surface area (Å²) in [5.74, 6) is 0.918. The molecule has 11 heteroatoms. The zero-order chi connectivity index (χ0) is 30.1. The SMILES string of the molecule is COc1ccc(C2=CSC3=NC4=C(CN(C)CC4=Cc4ccc(OC(F)F)cc4)C(c4ccc(OC(F)F)cc4)N23)cc1. The Bertz CT molecular complexity index is 1600. The van der Waals surface area contributed by atoms with Gasteiger partial charge in [-0.25, -0.2) is 4.99 Å². The van der Waals surface area contributed by atoms with Gasteiger partial charge in [-0.3, -0.25) is 4.90 Å². The lowest BCUT2D eigenvalue weighted by Gasteiger charge is -2.42. The van der Waals surface area contributed by atoms with Gasteiger partial charge in [0.15, 0.2) is 5.17 Å². The number of hydrogen-bond acceptors (Lipinski definition) is 7. The van der Waals surface area contributed by atoms with Crippen molar-refractivity contribution in [2.24, 2.45) is 4.99 Å². The molecule has 3 aromatic rings. The molecule has 6 nitrogen and oxygen atoms in total. The predicted molar refractivity (Wildman–Crippen MR) is 159 cm³/mol. The van der Waals surface area contributed by atoms with Crippen molar-refractivity contribution in [1.29, 1.82) is 0 Å². The van der Waals surface area contributed by atoms with Crippen LogP contribution in [0.3, 0.4) is 0 Å². The van der Waals surface area contributed by atoms with E-state index >= 15 is 0 Å². The predicted octanol–water partition coefficient (Wildman–Crippen LogP) is 7.64. The van der Waals surface area contributed by atoms with E-state index in [0.29, 0.717) is 13.1 Å². The minimum absolute atomic E-state index is 0.0833. The number of alkyl halides is 4. The zero-order valence-electron chi connectivity index (χ0n) is 23.2. The summed E-state index contributed by atoms with van der Waals surface area (Å²) < 4.78 is 65.5. The van der Waals surface area contributed by atoms with Gasteiger partial charge in [0.1, 0.15) is 17.2 Å². The van der Waals surface area contributed by atoms with E-state index in [4.69, 9.17) is 9.73 Å². The number of nitrogens with zero attached hydrogens (tertiary/aromatic N) is 3. The topological polar surface area (TPSA) is 46.5 Å². The van der Waals surface area contributed by atoms with E-state index in [-0.39, 0.29) is 17.5 Å². The van der Waals surface area contributed by atoms with Crippen LogP contribution in [-0.4, -0.2) is 55.4 Å². The molecule has 0 aromatic heterocycles. The highest BCUT2D eigenvalue weighted by molar-refractivity contribution is 8.16. The summed E-state index contributed by atoms with van der Waals surface area (Å²) in [6.07, 6.45) is 2.00. The van der Waals surface area contributed by atoms with E-state index in [1.54, 1.807) is 31.4 Å². The van der Waals surface area contributed by atoms with Crippen LogP contribution in [0.4, 0.5) is 17.6 Å². The quantitative estimate of drug-likeness (QED) is 0.245. The van der Waals surface area contributed by atoms with Crippen LogP contribution in [0.25, 0.3) is 11.8 Å². The number of thioether (sulfide) groups is 1. The zero-order valence-corrected chi connectivity index (χ0v) is 24.0. The second-order valence-electron chi connectivity index (χ2n) is 10.1. The number of benzene rings is 3. The second-order valence-corrected chi connectivity index (χ2v) is 11.0. The monoisotopic (exact) mass is 609 g/mol. The van der Waals surface area contributed by atoms with Gasteiger partial charge in [0.2, 0.25) is 0 Å². The lowest BCUT2D eigenvalue weighted by molar-refractivity contribution is -0.0505. The van der Waals surface area contributed by atoms with Gasteiger partial charge in [-0.2, -0.15) is 17.6 Å². The first kappa shape index (κ1) is 28.9. The Morgan fingerprint density at radius 1 is 0.837 bits per heavy atom. The molecule has 3 aliphatic rings. The summed E-state index contributed by atoms with van der Waals surface area (Å²) in [4.78, 5) is 9.51. The van der Waals surface area contributed by atoms with Crippen molar-refractivity contribution >= 4 is 28.7 Å². The average Bonchev–Trinajstić information content (AvgIpc) is 3.41. The lowest BCUT2D eigenvalue weighted by Crippen LogP contribution is -2.40. The van der Waals surface area contributed by atoms with Gasteiger partial charge in [-0.15, -0.1) is 0 Å². The smallest absolute Gasteiger partial charge is 0.387 e. The number of hydrogen-bond donors (Lipinski definition) is 0. The van der Waals surface area contributed by atoms with E-state index in [2.05, 4.69) is 24.7 Å². The van der Waals surface area contributed by atoms with Crippen LogP contribution < -0.4 is 14.2 Å². The van der Waals surface area contributed by atoms with E-state index in [1.807, 2.05) is 49.5 Å². The molecule has 0 N–H and O–H groups in total. The lowest BCUT2D eigenvalue weighted by atomic mass is 9.88. The third-order valence-electron chi connectivity index (χ3n) is 7.28. The number of aliphatic imine (C=N–C) groups is 1. The van der Waals surface area contributed by atoms with Gasteiger partial charge in [0, 0.05) is 18.5 Å². The Labute approximate surface area is 250 Å². The molecule has 0 spiro atoms. The summed E-state index contributed by atoms with van der Waals surface area (Å²) in [6, 6.07) is 20.7. The molecular formula is C32H27F4N3O3S. The summed E-state index contributed by atoms with van der Waals surface area (Å²) >= 11 is 1.52. The Balaban J connectivity index is 1.43. The highest BCUT2D eigenvalue weighted by Crippen LogP contribution is 2.49. The Kier molecular flexibility index (Phi) is 8.18. The maximum atomic E-state index is 12.9. The third kappa shape index (κ3) is 6.14. The average molecular weight is 610 g/mol. The number of halogens is 4. The van der Waals surface area contributed by atoms with Gasteiger partial charge >= 0.3 is 13.2 Å². The third-order valence-corrected chi connectivity index (χ3v) is 8.12. The first-order chi connectivity index (χ1) is 20.8. The van der Waals surface area contributed by atoms with E-state index in [0.717, 1.165) is 50.1 Å². The number of likely N-dealkylation sites (N-methyl/N-ethyl adjacent to an activating group) is 1. The maximum absolute atomic E-state index is 12.9. The van der Waals surface area contributed by atoms with Crippen LogP contribution in [0.5, 0.6) is 17.2 Å². The highest BCUT2D eigenvalue weighted by atomic mass is 32.2. The molecule has 3 aromatic carbocycles. The number of fused-ring (bicyclic) bond motifs is 1. The molecule has 43 heavy (non-hydrogen) atoms. The van der Waals surface area contributed by atoms with Gasteiger partial charge in [-0.1, -0.05) is 36.0 Å². The number of rotatable bonds is 8. The Hall–Kier alpha value is -4.22. The van der Waals surface area contributed by atoms with Crippen molar-refractivity contribution in [2.45, 2.75) is 19.3 Å². The van der Waals surface area contributed by atoms with Crippen LogP contribution in [0, 0.1) is 0 Å². The molecule has 0 saturated carbocycles. The number of methoxy groups -OCH3 is 1. The van der Waals surface area contributed by atoms with Gasteiger partial charge in [0.25, 0.3) is 0 Å². The normalized spacial score (nSPS) is 19.4. The molecule has 0 saturated heterocycles. The minimum Gasteiger partial charge on any atom is -0.497 e. The first-order valence-corrected chi connectivity index (χ1v) is 14.3. The molecule has 1 atom stereocenters. The van der Waals surface area contributed by atoms with Gasteiger partial charge in [-0.05, 0) is 89.5 Å². The summed E-state index contributed by atoms with van der Waals surface area (Å²) in [5, 5.41) is 2.86. The fourth-order valence-electron chi connectivity index (χ4n) is 5.47. The first-order valence-electron chi connectivity index (χ1n) is 13.4. The fraction of sp³-hybridized carbons (Fsp3) is 0.219. The van der Waals surface area contributed by atoms with Gasteiger partial charge < -0.3 is 19.1 Å². The largest absolute Gasteiger partial charge is 0.497 e. The molecule has 0 radical (unpaired) electrons. The molecule has 0 amide bonds.